The normalized spacial score (nSPS) is 13.6. The van der Waals surface area contributed by atoms with Crippen LogP contribution >= 0.6 is 7.60 Å². The van der Waals surface area contributed by atoms with Crippen molar-refractivity contribution >= 4 is 12.9 Å². The summed E-state index contributed by atoms with van der Waals surface area (Å²) in [5.74, 6) is 0. The molecule has 0 aliphatic rings. The van der Waals surface area contributed by atoms with Crippen LogP contribution in [-0.2, 0) is 17.4 Å². The summed E-state index contributed by atoms with van der Waals surface area (Å²) in [6, 6.07) is 1.38. The van der Waals surface area contributed by atoms with E-state index in [0.29, 0.717) is 6.07 Å². The number of rotatable bonds is 3. The largest absolute Gasteiger partial charge is 0.393 e. The van der Waals surface area contributed by atoms with E-state index < -0.39 is 49.2 Å². The van der Waals surface area contributed by atoms with Gasteiger partial charge in [-0.05, 0) is 23.6 Å². The van der Waals surface area contributed by atoms with E-state index >= 15 is 0 Å². The molecule has 3 nitrogen and oxygen atoms in total. The van der Waals surface area contributed by atoms with Gasteiger partial charge in [0.05, 0.1) is 18.1 Å². The van der Waals surface area contributed by atoms with E-state index in [0.717, 1.165) is 13.0 Å². The van der Waals surface area contributed by atoms with Gasteiger partial charge in [-0.25, -0.2) is 0 Å². The van der Waals surface area contributed by atoms with Crippen LogP contribution in [0.4, 0.5) is 26.3 Å². The minimum atomic E-state index is -5.03. The smallest absolute Gasteiger partial charge is 0.321 e. The highest BCUT2D eigenvalue weighted by Gasteiger charge is 2.35. The predicted octanol–water partition coefficient (Wildman–Crippen LogP) is 3.01. The van der Waals surface area contributed by atoms with E-state index in [-0.39, 0.29) is 5.56 Å². The number of benzene rings is 1. The summed E-state index contributed by atoms with van der Waals surface area (Å²) in [4.78, 5) is 18.2. The molecule has 0 radical (unpaired) electrons. The zero-order valence-corrected chi connectivity index (χ0v) is 11.5. The van der Waals surface area contributed by atoms with Crippen molar-refractivity contribution in [1.82, 2.24) is 0 Å². The topological polar surface area (TPSA) is 57.5 Å². The Morgan fingerprint density at radius 1 is 1.00 bits per heavy atom. The van der Waals surface area contributed by atoms with Crippen LogP contribution in [-0.4, -0.2) is 22.1 Å². The van der Waals surface area contributed by atoms with Crippen LogP contribution in [0.2, 0.25) is 0 Å². The molecular weight excluding hydrogens is 325 g/mol. The van der Waals surface area contributed by atoms with Crippen molar-refractivity contribution in [2.45, 2.75) is 32.1 Å². The maximum atomic E-state index is 12.4. The van der Waals surface area contributed by atoms with Gasteiger partial charge >= 0.3 is 19.9 Å². The Hall–Kier alpha value is -1.05. The Labute approximate surface area is 115 Å². The summed E-state index contributed by atoms with van der Waals surface area (Å²) in [5, 5.41) is -0.870. The van der Waals surface area contributed by atoms with Gasteiger partial charge in [0.15, 0.2) is 0 Å². The molecule has 1 rings (SSSR count). The Morgan fingerprint density at radius 2 is 1.48 bits per heavy atom. The predicted molar refractivity (Wildman–Crippen MR) is 62.4 cm³/mol. The minimum Gasteiger partial charge on any atom is -0.321 e. The Bertz CT molecular complexity index is 573. The van der Waals surface area contributed by atoms with Gasteiger partial charge in [0.2, 0.25) is 0 Å². The molecule has 0 fully saturated rings. The number of alkyl halides is 6. The first kappa shape index (κ1) is 18.0. The average molecular weight is 336 g/mol. The second-order valence-corrected chi connectivity index (χ2v) is 6.08. The van der Waals surface area contributed by atoms with Crippen molar-refractivity contribution in [2.24, 2.45) is 0 Å². The van der Waals surface area contributed by atoms with E-state index in [2.05, 4.69) is 0 Å². The number of hydrogen-bond donors (Lipinski definition) is 2. The zero-order chi connectivity index (χ0) is 16.6. The van der Waals surface area contributed by atoms with E-state index in [1.807, 2.05) is 0 Å². The van der Waals surface area contributed by atoms with Crippen LogP contribution in [0.25, 0.3) is 0 Å². The highest BCUT2D eigenvalue weighted by Crippen LogP contribution is 2.38. The number of hydrogen-bond acceptors (Lipinski definition) is 1. The fourth-order valence-corrected chi connectivity index (χ4v) is 3.08. The average Bonchev–Trinajstić information content (AvgIpc) is 2.06. The number of halogens is 6. The molecule has 120 valence electrons. The van der Waals surface area contributed by atoms with Crippen molar-refractivity contribution < 1.29 is 40.7 Å². The second kappa shape index (κ2) is 5.62. The fraction of sp³-hybridized carbons (Fsp3) is 0.455. The van der Waals surface area contributed by atoms with Gasteiger partial charge in [0, 0.05) is 0 Å². The monoisotopic (exact) mass is 336 g/mol. The lowest BCUT2D eigenvalue weighted by Crippen LogP contribution is -2.23. The molecule has 10 heteroatoms. The van der Waals surface area contributed by atoms with E-state index in [9.17, 15) is 30.9 Å². The van der Waals surface area contributed by atoms with Crippen LogP contribution in [0, 0.1) is 6.92 Å². The first-order chi connectivity index (χ1) is 9.19. The lowest BCUT2D eigenvalue weighted by Gasteiger charge is -2.18. The quantitative estimate of drug-likeness (QED) is 0.659. The molecule has 1 aromatic rings. The molecule has 0 amide bonds. The molecule has 0 atom stereocenters. The third kappa shape index (κ3) is 5.68. The summed E-state index contributed by atoms with van der Waals surface area (Å²) >= 11 is 0. The van der Waals surface area contributed by atoms with Gasteiger partial charge in [0.25, 0.3) is 0 Å². The Kier molecular flexibility index (Phi) is 4.82. The van der Waals surface area contributed by atoms with Crippen molar-refractivity contribution in [3.8, 4) is 0 Å². The molecule has 1 aromatic carbocycles. The van der Waals surface area contributed by atoms with Crippen LogP contribution in [0.15, 0.2) is 12.1 Å². The molecule has 2 N–H and O–H groups in total. The highest BCUT2D eigenvalue weighted by atomic mass is 31.2. The Balaban J connectivity index is 3.43. The van der Waals surface area contributed by atoms with Gasteiger partial charge in [-0.2, -0.15) is 26.3 Å². The molecule has 0 saturated carbocycles. The summed E-state index contributed by atoms with van der Waals surface area (Å²) < 4.78 is 85.5. The molecule has 21 heavy (non-hydrogen) atoms. The van der Waals surface area contributed by atoms with Gasteiger partial charge in [0.1, 0.15) is 0 Å². The van der Waals surface area contributed by atoms with Crippen molar-refractivity contribution in [1.29, 1.82) is 0 Å². The van der Waals surface area contributed by atoms with Crippen molar-refractivity contribution in [2.75, 3.05) is 0 Å². The molecule has 0 aliphatic heterocycles. The van der Waals surface area contributed by atoms with Crippen LogP contribution in [0.5, 0.6) is 0 Å². The van der Waals surface area contributed by atoms with Crippen molar-refractivity contribution in [3.05, 3.63) is 28.8 Å². The summed E-state index contributed by atoms with van der Waals surface area (Å²) in [7, 11) is -5.03. The standard InChI is InChI=1S/C11H11F6O3P/c1-6-2-7(4-10(12,13)14)3-8(5-11(15,16)17)9(6)21(18,19)20/h2-3H,4-5H2,1H3,(H2,18,19,20). The second-order valence-electron chi connectivity index (χ2n) is 4.55. The lowest BCUT2D eigenvalue weighted by atomic mass is 10.0. The third-order valence-electron chi connectivity index (χ3n) is 2.53. The zero-order valence-electron chi connectivity index (χ0n) is 10.6. The minimum absolute atomic E-state index is 0.302. The molecular formula is C11H11F6O3P. The van der Waals surface area contributed by atoms with E-state index in [1.165, 1.54) is 0 Å². The maximum Gasteiger partial charge on any atom is 0.393 e. The summed E-state index contributed by atoms with van der Waals surface area (Å²) in [6.07, 6.45) is -12.6. The van der Waals surface area contributed by atoms with Crippen molar-refractivity contribution in [3.63, 3.8) is 0 Å². The number of aryl methyl sites for hydroxylation is 1. The van der Waals surface area contributed by atoms with Crippen LogP contribution in [0.1, 0.15) is 16.7 Å². The molecule has 0 unspecified atom stereocenters. The van der Waals surface area contributed by atoms with Gasteiger partial charge in [-0.3, -0.25) is 4.57 Å². The summed E-state index contributed by atoms with van der Waals surface area (Å²) in [6.45, 7) is 1.06. The van der Waals surface area contributed by atoms with Gasteiger partial charge in [-0.15, -0.1) is 0 Å². The Morgan fingerprint density at radius 3 is 1.86 bits per heavy atom. The fourth-order valence-electron chi connectivity index (χ4n) is 2.03. The molecule has 0 aliphatic carbocycles. The van der Waals surface area contributed by atoms with Gasteiger partial charge in [-0.1, -0.05) is 12.1 Å². The van der Waals surface area contributed by atoms with Gasteiger partial charge < -0.3 is 9.79 Å². The van der Waals surface area contributed by atoms with E-state index in [4.69, 9.17) is 9.79 Å². The highest BCUT2D eigenvalue weighted by molar-refractivity contribution is 7.60. The molecule has 0 spiro atoms. The van der Waals surface area contributed by atoms with Crippen LogP contribution in [0.3, 0.4) is 0 Å². The third-order valence-corrected chi connectivity index (χ3v) is 3.75. The molecule has 0 saturated heterocycles. The summed E-state index contributed by atoms with van der Waals surface area (Å²) in [5.41, 5.74) is -1.61. The van der Waals surface area contributed by atoms with Crippen LogP contribution < -0.4 is 5.30 Å². The molecule has 0 heterocycles. The first-order valence-corrected chi connectivity index (χ1v) is 7.12. The SMILES string of the molecule is Cc1cc(CC(F)(F)F)cc(CC(F)(F)F)c1P(=O)(O)O. The lowest BCUT2D eigenvalue weighted by molar-refractivity contribution is -0.127. The van der Waals surface area contributed by atoms with E-state index in [1.54, 1.807) is 0 Å². The molecule has 0 aromatic heterocycles. The maximum absolute atomic E-state index is 12.4. The first-order valence-electron chi connectivity index (χ1n) is 5.51. The molecule has 0 bridgehead atoms.